The average molecular weight is 266 g/mol. The van der Waals surface area contributed by atoms with Crippen molar-refractivity contribution in [3.8, 4) is 0 Å². The van der Waals surface area contributed by atoms with E-state index in [0.29, 0.717) is 11.8 Å². The molecule has 1 fully saturated rings. The van der Waals surface area contributed by atoms with Gasteiger partial charge in [0.25, 0.3) is 0 Å². The van der Waals surface area contributed by atoms with Gasteiger partial charge in [0.2, 0.25) is 0 Å². The molecule has 0 aromatic heterocycles. The molecule has 1 saturated carbocycles. The Kier molecular flexibility index (Phi) is 3.49. The fourth-order valence-electron chi connectivity index (χ4n) is 2.95. The zero-order valence-corrected chi connectivity index (χ0v) is 12.2. The van der Waals surface area contributed by atoms with Gasteiger partial charge < -0.3 is 10.6 Å². The summed E-state index contributed by atoms with van der Waals surface area (Å²) >= 11 is 0. The first-order chi connectivity index (χ1) is 9.66. The van der Waals surface area contributed by atoms with Crippen LogP contribution in [0.25, 0.3) is 0 Å². The maximum absolute atomic E-state index is 6.48. The molecule has 0 saturated heterocycles. The minimum Gasteiger partial charge on any atom is -0.378 e. The first kappa shape index (κ1) is 13.2. The zero-order chi connectivity index (χ0) is 14.1. The van der Waals surface area contributed by atoms with Crippen LogP contribution in [0, 0.1) is 5.92 Å². The van der Waals surface area contributed by atoms with Gasteiger partial charge in [-0.25, -0.2) is 0 Å². The van der Waals surface area contributed by atoms with Crippen molar-refractivity contribution in [3.63, 3.8) is 0 Å². The molecule has 104 valence electrons. The molecule has 0 radical (unpaired) electrons. The van der Waals surface area contributed by atoms with Crippen molar-refractivity contribution < 1.29 is 0 Å². The van der Waals surface area contributed by atoms with Crippen molar-refractivity contribution in [1.82, 2.24) is 0 Å². The van der Waals surface area contributed by atoms with Crippen LogP contribution in [0.2, 0.25) is 0 Å². The van der Waals surface area contributed by atoms with Gasteiger partial charge in [0.15, 0.2) is 0 Å². The molecule has 0 amide bonds. The van der Waals surface area contributed by atoms with Crippen LogP contribution in [0.5, 0.6) is 0 Å². The predicted octanol–water partition coefficient (Wildman–Crippen LogP) is 3.56. The van der Waals surface area contributed by atoms with Crippen LogP contribution in [0.3, 0.4) is 0 Å². The Morgan fingerprint density at radius 2 is 1.80 bits per heavy atom. The van der Waals surface area contributed by atoms with Crippen LogP contribution < -0.4 is 10.6 Å². The third-order valence-corrected chi connectivity index (χ3v) is 4.30. The van der Waals surface area contributed by atoms with Gasteiger partial charge in [-0.2, -0.15) is 0 Å². The first-order valence-electron chi connectivity index (χ1n) is 7.24. The van der Waals surface area contributed by atoms with Gasteiger partial charge in [0, 0.05) is 25.8 Å². The lowest BCUT2D eigenvalue weighted by Gasteiger charge is -2.17. The summed E-state index contributed by atoms with van der Waals surface area (Å²) in [7, 11) is 4.13. The highest BCUT2D eigenvalue weighted by atomic mass is 15.1. The molecule has 1 aliphatic carbocycles. The number of hydrogen-bond donors (Lipinski definition) is 1. The van der Waals surface area contributed by atoms with Crippen molar-refractivity contribution in [2.24, 2.45) is 11.7 Å². The van der Waals surface area contributed by atoms with Gasteiger partial charge in [-0.15, -0.1) is 0 Å². The molecule has 20 heavy (non-hydrogen) atoms. The lowest BCUT2D eigenvalue weighted by molar-refractivity contribution is 0.616. The minimum absolute atomic E-state index is 0.139. The summed E-state index contributed by atoms with van der Waals surface area (Å²) in [5.41, 5.74) is 10.4. The number of benzene rings is 2. The van der Waals surface area contributed by atoms with Crippen LogP contribution in [0.15, 0.2) is 54.6 Å². The maximum atomic E-state index is 6.48. The van der Waals surface area contributed by atoms with E-state index >= 15 is 0 Å². The van der Waals surface area contributed by atoms with Crippen LogP contribution in [0.4, 0.5) is 5.69 Å². The molecule has 0 bridgehead atoms. The Morgan fingerprint density at radius 1 is 1.05 bits per heavy atom. The Labute approximate surface area is 121 Å². The van der Waals surface area contributed by atoms with E-state index in [2.05, 4.69) is 73.6 Å². The number of rotatable bonds is 4. The largest absolute Gasteiger partial charge is 0.378 e. The molecule has 3 rings (SSSR count). The Bertz CT molecular complexity index is 577. The van der Waals surface area contributed by atoms with Crippen molar-refractivity contribution >= 4 is 5.69 Å². The van der Waals surface area contributed by atoms with E-state index in [1.807, 2.05) is 0 Å². The van der Waals surface area contributed by atoms with Crippen molar-refractivity contribution in [2.45, 2.75) is 18.4 Å². The molecule has 2 nitrogen and oxygen atoms in total. The van der Waals surface area contributed by atoms with E-state index in [-0.39, 0.29) is 6.04 Å². The van der Waals surface area contributed by atoms with E-state index < -0.39 is 0 Å². The standard InChI is InChI=1S/C18H22N2/c1-20(2)15-10-6-9-14(11-15)18(19)17-12-16(17)13-7-4-3-5-8-13/h3-11,16-18H,12,19H2,1-2H3. The second-order valence-electron chi connectivity index (χ2n) is 5.93. The molecule has 0 aliphatic heterocycles. The molecule has 1 aliphatic rings. The summed E-state index contributed by atoms with van der Waals surface area (Å²) < 4.78 is 0. The molecule has 2 aromatic carbocycles. The predicted molar refractivity (Wildman–Crippen MR) is 85.0 cm³/mol. The quantitative estimate of drug-likeness (QED) is 0.917. The van der Waals surface area contributed by atoms with E-state index in [1.54, 1.807) is 0 Å². The smallest absolute Gasteiger partial charge is 0.0364 e. The molecule has 2 N–H and O–H groups in total. The van der Waals surface area contributed by atoms with Crippen LogP contribution in [-0.4, -0.2) is 14.1 Å². The molecule has 3 atom stereocenters. The molecular weight excluding hydrogens is 244 g/mol. The second-order valence-corrected chi connectivity index (χ2v) is 5.93. The van der Waals surface area contributed by atoms with Gasteiger partial charge in [-0.05, 0) is 41.5 Å². The normalized spacial score (nSPS) is 22.4. The van der Waals surface area contributed by atoms with E-state index in [4.69, 9.17) is 5.73 Å². The average Bonchev–Trinajstić information content (AvgIpc) is 3.28. The molecule has 2 aromatic rings. The fraction of sp³-hybridized carbons (Fsp3) is 0.333. The first-order valence-corrected chi connectivity index (χ1v) is 7.24. The minimum atomic E-state index is 0.139. The third-order valence-electron chi connectivity index (χ3n) is 4.30. The summed E-state index contributed by atoms with van der Waals surface area (Å²) in [6, 6.07) is 19.5. The van der Waals surface area contributed by atoms with Gasteiger partial charge in [0.05, 0.1) is 0 Å². The van der Waals surface area contributed by atoms with E-state index in [0.717, 1.165) is 0 Å². The SMILES string of the molecule is CN(C)c1cccc(C(N)C2CC2c2ccccc2)c1. The highest BCUT2D eigenvalue weighted by molar-refractivity contribution is 5.48. The molecule has 0 heterocycles. The van der Waals surface area contributed by atoms with Crippen molar-refractivity contribution in [1.29, 1.82) is 0 Å². The summed E-state index contributed by atoms with van der Waals surface area (Å²) in [4.78, 5) is 2.12. The Morgan fingerprint density at radius 3 is 2.50 bits per heavy atom. The van der Waals surface area contributed by atoms with Crippen LogP contribution >= 0.6 is 0 Å². The van der Waals surface area contributed by atoms with E-state index in [1.165, 1.54) is 23.2 Å². The zero-order valence-electron chi connectivity index (χ0n) is 12.2. The Balaban J connectivity index is 1.75. The summed E-state index contributed by atoms with van der Waals surface area (Å²) in [5, 5.41) is 0. The molecular formula is C18H22N2. The van der Waals surface area contributed by atoms with Gasteiger partial charge >= 0.3 is 0 Å². The molecule has 2 heteroatoms. The Hall–Kier alpha value is -1.80. The van der Waals surface area contributed by atoms with Crippen molar-refractivity contribution in [3.05, 3.63) is 65.7 Å². The fourth-order valence-corrected chi connectivity index (χ4v) is 2.95. The second kappa shape index (κ2) is 5.29. The number of anilines is 1. The lowest BCUT2D eigenvalue weighted by Crippen LogP contribution is -2.15. The van der Waals surface area contributed by atoms with E-state index in [9.17, 15) is 0 Å². The highest BCUT2D eigenvalue weighted by Gasteiger charge is 2.42. The number of hydrogen-bond acceptors (Lipinski definition) is 2. The van der Waals surface area contributed by atoms with Gasteiger partial charge in [-0.3, -0.25) is 0 Å². The number of nitrogens with zero attached hydrogens (tertiary/aromatic N) is 1. The van der Waals surface area contributed by atoms with Crippen molar-refractivity contribution in [2.75, 3.05) is 19.0 Å². The van der Waals surface area contributed by atoms with Gasteiger partial charge in [-0.1, -0.05) is 42.5 Å². The monoisotopic (exact) mass is 266 g/mol. The summed E-state index contributed by atoms with van der Waals surface area (Å²) in [6.45, 7) is 0. The van der Waals surface area contributed by atoms with Crippen LogP contribution in [-0.2, 0) is 0 Å². The molecule has 0 spiro atoms. The summed E-state index contributed by atoms with van der Waals surface area (Å²) in [6.07, 6.45) is 1.21. The van der Waals surface area contributed by atoms with Crippen LogP contribution in [0.1, 0.15) is 29.5 Å². The highest BCUT2D eigenvalue weighted by Crippen LogP contribution is 2.53. The lowest BCUT2D eigenvalue weighted by atomic mass is 9.99. The summed E-state index contributed by atoms with van der Waals surface area (Å²) in [5.74, 6) is 1.21. The number of nitrogens with two attached hydrogens (primary N) is 1. The topological polar surface area (TPSA) is 29.3 Å². The molecule has 3 unspecified atom stereocenters. The van der Waals surface area contributed by atoms with Gasteiger partial charge in [0.1, 0.15) is 0 Å². The maximum Gasteiger partial charge on any atom is 0.0364 e. The third kappa shape index (κ3) is 2.56.